The molecule has 2 aromatic heterocycles. The average Bonchev–Trinajstić information content (AvgIpc) is 3.32. The Labute approximate surface area is 185 Å². The van der Waals surface area contributed by atoms with Gasteiger partial charge < -0.3 is 14.8 Å². The van der Waals surface area contributed by atoms with Gasteiger partial charge in [0.05, 0.1) is 24.4 Å². The first-order valence-corrected chi connectivity index (χ1v) is 10.3. The third-order valence-corrected chi connectivity index (χ3v) is 5.60. The summed E-state index contributed by atoms with van der Waals surface area (Å²) in [5, 5.41) is 8.20. The van der Waals surface area contributed by atoms with Gasteiger partial charge in [0, 0.05) is 18.5 Å². The number of esters is 1. The minimum Gasteiger partial charge on any atom is -0.465 e. The molecule has 170 valence electrons. The van der Waals surface area contributed by atoms with Crippen molar-refractivity contribution in [1.82, 2.24) is 15.1 Å². The number of hydrogen-bond acceptors (Lipinski definition) is 6. The quantitative estimate of drug-likeness (QED) is 0.523. The summed E-state index contributed by atoms with van der Waals surface area (Å²) >= 11 is 0.502. The van der Waals surface area contributed by atoms with E-state index in [1.54, 1.807) is 38.1 Å². The molecule has 0 fully saturated rings. The van der Waals surface area contributed by atoms with E-state index in [1.807, 2.05) is 0 Å². The van der Waals surface area contributed by atoms with Crippen molar-refractivity contribution < 1.29 is 32.2 Å². The van der Waals surface area contributed by atoms with Gasteiger partial charge >= 0.3 is 12.1 Å². The van der Waals surface area contributed by atoms with Crippen molar-refractivity contribution in [2.75, 3.05) is 7.11 Å². The Morgan fingerprint density at radius 3 is 2.44 bits per heavy atom. The molecule has 1 aromatic carbocycles. The van der Waals surface area contributed by atoms with Gasteiger partial charge in [-0.3, -0.25) is 4.79 Å². The van der Waals surface area contributed by atoms with Crippen molar-refractivity contribution in [3.05, 3.63) is 63.0 Å². The molecule has 3 aromatic rings. The second-order valence-corrected chi connectivity index (χ2v) is 7.86. The molecule has 7 nitrogen and oxygen atoms in total. The summed E-state index contributed by atoms with van der Waals surface area (Å²) in [4.78, 5) is 23.7. The highest BCUT2D eigenvalue weighted by atomic mass is 32.1. The second-order valence-electron chi connectivity index (χ2n) is 6.94. The molecule has 0 bridgehead atoms. The standard InChI is InChI=1S/C21H20F3N3O4S/c1-11(13-5-7-14(8-6-13)20(29)30-4)25-18(28)17-12(2)26-27(3)19(17)31-15-9-16(32-10-15)21(22,23)24/h5-11H,1-4H3,(H,25,28)/t11-/m0/s1. The summed E-state index contributed by atoms with van der Waals surface area (Å²) in [5.74, 6) is -0.977. The highest BCUT2D eigenvalue weighted by Gasteiger charge is 2.33. The van der Waals surface area contributed by atoms with Crippen LogP contribution in [0.15, 0.2) is 35.7 Å². The number of alkyl halides is 3. The summed E-state index contributed by atoms with van der Waals surface area (Å²) < 4.78 is 50.2. The van der Waals surface area contributed by atoms with E-state index in [1.165, 1.54) is 24.2 Å². The molecule has 0 aliphatic heterocycles. The Kier molecular flexibility index (Phi) is 6.58. The fourth-order valence-corrected chi connectivity index (χ4v) is 3.70. The first kappa shape index (κ1) is 23.3. The summed E-state index contributed by atoms with van der Waals surface area (Å²) in [5.41, 5.74) is 1.59. The number of aryl methyl sites for hydroxylation is 2. The molecule has 0 spiro atoms. The Morgan fingerprint density at radius 2 is 1.88 bits per heavy atom. The van der Waals surface area contributed by atoms with Crippen LogP contribution in [-0.4, -0.2) is 28.8 Å². The zero-order valence-corrected chi connectivity index (χ0v) is 18.4. The van der Waals surface area contributed by atoms with Crippen molar-refractivity contribution in [3.63, 3.8) is 0 Å². The molecule has 0 aliphatic rings. The van der Waals surface area contributed by atoms with Crippen LogP contribution in [0.5, 0.6) is 11.6 Å². The predicted octanol–water partition coefficient (Wildman–Crippen LogP) is 4.88. The SMILES string of the molecule is COC(=O)c1ccc([C@H](C)NC(=O)c2c(C)nn(C)c2Oc2csc(C(F)(F)F)c2)cc1. The fraction of sp³-hybridized carbons (Fsp3) is 0.286. The summed E-state index contributed by atoms with van der Waals surface area (Å²) in [7, 11) is 2.82. The molecule has 0 radical (unpaired) electrons. The smallest absolute Gasteiger partial charge is 0.425 e. The van der Waals surface area contributed by atoms with E-state index in [0.29, 0.717) is 22.6 Å². The summed E-state index contributed by atoms with van der Waals surface area (Å²) in [6, 6.07) is 6.99. The number of methoxy groups -OCH3 is 1. The number of carbonyl (C=O) groups is 2. The van der Waals surface area contributed by atoms with E-state index >= 15 is 0 Å². The molecule has 0 saturated heterocycles. The molecular formula is C21H20F3N3O4S. The first-order valence-electron chi connectivity index (χ1n) is 9.37. The number of amides is 1. The van der Waals surface area contributed by atoms with Crippen LogP contribution in [0.2, 0.25) is 0 Å². The average molecular weight is 467 g/mol. The van der Waals surface area contributed by atoms with Gasteiger partial charge in [-0.05, 0) is 31.5 Å². The highest BCUT2D eigenvalue weighted by Crippen LogP contribution is 2.38. The lowest BCUT2D eigenvalue weighted by molar-refractivity contribution is -0.134. The minimum atomic E-state index is -4.48. The van der Waals surface area contributed by atoms with Gasteiger partial charge in [0.25, 0.3) is 5.91 Å². The Balaban J connectivity index is 1.79. The van der Waals surface area contributed by atoms with E-state index in [2.05, 4.69) is 15.2 Å². The van der Waals surface area contributed by atoms with E-state index in [-0.39, 0.29) is 17.2 Å². The van der Waals surface area contributed by atoms with Crippen molar-refractivity contribution in [3.8, 4) is 11.6 Å². The van der Waals surface area contributed by atoms with Gasteiger partial charge in [0.2, 0.25) is 5.88 Å². The third-order valence-electron chi connectivity index (χ3n) is 4.65. The number of rotatable bonds is 6. The van der Waals surface area contributed by atoms with Crippen LogP contribution in [0.3, 0.4) is 0 Å². The van der Waals surface area contributed by atoms with Gasteiger partial charge in [0.15, 0.2) is 0 Å². The number of hydrogen-bond donors (Lipinski definition) is 1. The zero-order valence-electron chi connectivity index (χ0n) is 17.6. The molecule has 1 amide bonds. The number of nitrogens with one attached hydrogen (secondary N) is 1. The molecule has 3 rings (SSSR count). The first-order chi connectivity index (χ1) is 15.0. The van der Waals surface area contributed by atoms with Gasteiger partial charge in [0.1, 0.15) is 16.2 Å². The lowest BCUT2D eigenvalue weighted by Gasteiger charge is -2.15. The fourth-order valence-electron chi connectivity index (χ4n) is 3.03. The lowest BCUT2D eigenvalue weighted by atomic mass is 10.1. The Morgan fingerprint density at radius 1 is 1.22 bits per heavy atom. The van der Waals surface area contributed by atoms with E-state index in [9.17, 15) is 22.8 Å². The van der Waals surface area contributed by atoms with Crippen LogP contribution in [0, 0.1) is 6.92 Å². The number of carbonyl (C=O) groups excluding carboxylic acids is 2. The number of thiophene rings is 1. The monoisotopic (exact) mass is 467 g/mol. The van der Waals surface area contributed by atoms with Crippen molar-refractivity contribution >= 4 is 23.2 Å². The van der Waals surface area contributed by atoms with E-state index in [0.717, 1.165) is 11.6 Å². The molecule has 11 heteroatoms. The predicted molar refractivity (Wildman–Crippen MR) is 111 cm³/mol. The van der Waals surface area contributed by atoms with Crippen LogP contribution in [0.1, 0.15) is 49.8 Å². The van der Waals surface area contributed by atoms with Crippen LogP contribution in [-0.2, 0) is 18.0 Å². The van der Waals surface area contributed by atoms with Crippen LogP contribution in [0.4, 0.5) is 13.2 Å². The molecule has 2 heterocycles. The van der Waals surface area contributed by atoms with Gasteiger partial charge in [-0.25, -0.2) is 9.48 Å². The van der Waals surface area contributed by atoms with E-state index < -0.39 is 29.0 Å². The molecule has 0 saturated carbocycles. The lowest BCUT2D eigenvalue weighted by Crippen LogP contribution is -2.27. The van der Waals surface area contributed by atoms with Crippen molar-refractivity contribution in [2.45, 2.75) is 26.1 Å². The normalized spacial score (nSPS) is 12.3. The van der Waals surface area contributed by atoms with Gasteiger partial charge in [-0.1, -0.05) is 12.1 Å². The van der Waals surface area contributed by atoms with Gasteiger partial charge in [-0.15, -0.1) is 11.3 Å². The van der Waals surface area contributed by atoms with Crippen molar-refractivity contribution in [1.29, 1.82) is 0 Å². The third kappa shape index (κ3) is 4.93. The second kappa shape index (κ2) is 9.03. The number of aromatic nitrogens is 2. The van der Waals surface area contributed by atoms with Crippen LogP contribution < -0.4 is 10.1 Å². The minimum absolute atomic E-state index is 0.0276. The molecule has 1 atom stereocenters. The van der Waals surface area contributed by atoms with E-state index in [4.69, 9.17) is 4.74 Å². The summed E-state index contributed by atoms with van der Waals surface area (Å²) in [6.07, 6.45) is -4.48. The number of halogens is 3. The van der Waals surface area contributed by atoms with Crippen molar-refractivity contribution in [2.24, 2.45) is 7.05 Å². The molecule has 32 heavy (non-hydrogen) atoms. The Bertz CT molecular complexity index is 1140. The maximum Gasteiger partial charge on any atom is 0.425 e. The molecule has 0 unspecified atom stereocenters. The maximum absolute atomic E-state index is 13.0. The van der Waals surface area contributed by atoms with Crippen LogP contribution >= 0.6 is 11.3 Å². The zero-order chi connectivity index (χ0) is 23.6. The van der Waals surface area contributed by atoms with Crippen LogP contribution in [0.25, 0.3) is 0 Å². The molecule has 1 N–H and O–H groups in total. The molecule has 0 aliphatic carbocycles. The Hall–Kier alpha value is -3.34. The topological polar surface area (TPSA) is 82.5 Å². The highest BCUT2D eigenvalue weighted by molar-refractivity contribution is 7.10. The number of ether oxygens (including phenoxy) is 2. The number of benzene rings is 1. The largest absolute Gasteiger partial charge is 0.465 e. The van der Waals surface area contributed by atoms with Gasteiger partial charge in [-0.2, -0.15) is 18.3 Å². The maximum atomic E-state index is 13.0. The molecular weight excluding hydrogens is 447 g/mol. The summed E-state index contributed by atoms with van der Waals surface area (Å²) in [6.45, 7) is 3.36. The number of nitrogens with zero attached hydrogens (tertiary/aromatic N) is 2.